The fourth-order valence-electron chi connectivity index (χ4n) is 2.23. The van der Waals surface area contributed by atoms with Gasteiger partial charge in [-0.3, -0.25) is 15.0 Å². The number of hydrogen-bond acceptors (Lipinski definition) is 4. The lowest BCUT2D eigenvalue weighted by molar-refractivity contribution is -0.384. The van der Waals surface area contributed by atoms with Crippen LogP contribution in [0.3, 0.4) is 0 Å². The molecular weight excluding hydrogens is 220 g/mol. The van der Waals surface area contributed by atoms with Crippen LogP contribution in [0.4, 0.5) is 5.69 Å². The lowest BCUT2D eigenvalue weighted by atomic mass is 10.1. The molecule has 0 bridgehead atoms. The summed E-state index contributed by atoms with van der Waals surface area (Å²) in [5, 5.41) is 19.7. The van der Waals surface area contributed by atoms with E-state index in [0.717, 1.165) is 31.6 Å². The standard InChI is InChI=1S/C12H16N2O3/c15-9-11-4-5-13(8-11)7-10-2-1-3-12(6-10)14(16)17/h1-3,6,11,15H,4-5,7-9H2. The van der Waals surface area contributed by atoms with Crippen molar-refractivity contribution < 1.29 is 10.0 Å². The molecule has 1 N–H and O–H groups in total. The summed E-state index contributed by atoms with van der Waals surface area (Å²) in [7, 11) is 0. The molecular formula is C12H16N2O3. The van der Waals surface area contributed by atoms with Crippen LogP contribution < -0.4 is 0 Å². The van der Waals surface area contributed by atoms with E-state index in [9.17, 15) is 10.1 Å². The van der Waals surface area contributed by atoms with Gasteiger partial charge in [0.1, 0.15) is 0 Å². The third kappa shape index (κ3) is 3.01. The third-order valence-corrected chi connectivity index (χ3v) is 3.16. The van der Waals surface area contributed by atoms with Crippen LogP contribution >= 0.6 is 0 Å². The normalized spacial score (nSPS) is 20.6. The van der Waals surface area contributed by atoms with Gasteiger partial charge in [-0.25, -0.2) is 0 Å². The fourth-order valence-corrected chi connectivity index (χ4v) is 2.23. The Morgan fingerprint density at radius 2 is 2.35 bits per heavy atom. The van der Waals surface area contributed by atoms with E-state index in [2.05, 4.69) is 4.90 Å². The molecule has 0 amide bonds. The molecule has 0 aliphatic carbocycles. The van der Waals surface area contributed by atoms with Crippen molar-refractivity contribution in [3.8, 4) is 0 Å². The van der Waals surface area contributed by atoms with E-state index in [0.29, 0.717) is 5.92 Å². The fraction of sp³-hybridized carbons (Fsp3) is 0.500. The topological polar surface area (TPSA) is 66.6 Å². The molecule has 1 unspecified atom stereocenters. The third-order valence-electron chi connectivity index (χ3n) is 3.16. The molecule has 1 aromatic carbocycles. The molecule has 1 atom stereocenters. The van der Waals surface area contributed by atoms with E-state index in [-0.39, 0.29) is 17.2 Å². The first-order chi connectivity index (χ1) is 8.19. The van der Waals surface area contributed by atoms with Crippen LogP contribution in [0.2, 0.25) is 0 Å². The monoisotopic (exact) mass is 236 g/mol. The van der Waals surface area contributed by atoms with Crippen molar-refractivity contribution in [1.29, 1.82) is 0 Å². The van der Waals surface area contributed by atoms with Crippen LogP contribution in [0.1, 0.15) is 12.0 Å². The number of hydrogen-bond donors (Lipinski definition) is 1. The first-order valence-electron chi connectivity index (χ1n) is 5.75. The summed E-state index contributed by atoms with van der Waals surface area (Å²) in [6.07, 6.45) is 1.01. The molecule has 2 rings (SSSR count). The Labute approximate surface area is 99.8 Å². The van der Waals surface area contributed by atoms with E-state index < -0.39 is 0 Å². The maximum atomic E-state index is 10.6. The number of nitro groups is 1. The van der Waals surface area contributed by atoms with Gasteiger partial charge >= 0.3 is 0 Å². The van der Waals surface area contributed by atoms with Gasteiger partial charge in [0.05, 0.1) is 4.92 Å². The Morgan fingerprint density at radius 1 is 1.53 bits per heavy atom. The molecule has 92 valence electrons. The summed E-state index contributed by atoms with van der Waals surface area (Å²) >= 11 is 0. The zero-order chi connectivity index (χ0) is 12.3. The zero-order valence-electron chi connectivity index (χ0n) is 9.58. The summed E-state index contributed by atoms with van der Waals surface area (Å²) in [6.45, 7) is 2.77. The first kappa shape index (κ1) is 12.0. The van der Waals surface area contributed by atoms with Crippen LogP contribution in [0.5, 0.6) is 0 Å². The molecule has 5 nitrogen and oxygen atoms in total. The summed E-state index contributed by atoms with van der Waals surface area (Å²) < 4.78 is 0. The number of nitro benzene ring substituents is 1. The summed E-state index contributed by atoms with van der Waals surface area (Å²) in [5.41, 5.74) is 1.10. The van der Waals surface area contributed by atoms with Crippen molar-refractivity contribution in [2.24, 2.45) is 5.92 Å². The molecule has 1 saturated heterocycles. The van der Waals surface area contributed by atoms with Crippen LogP contribution in [-0.4, -0.2) is 34.6 Å². The van der Waals surface area contributed by atoms with Gasteiger partial charge in [-0.05, 0) is 24.4 Å². The van der Waals surface area contributed by atoms with E-state index >= 15 is 0 Å². The molecule has 0 spiro atoms. The van der Waals surface area contributed by atoms with Crippen molar-refractivity contribution in [2.75, 3.05) is 19.7 Å². The minimum absolute atomic E-state index is 0.139. The van der Waals surface area contributed by atoms with E-state index in [1.807, 2.05) is 6.07 Å². The highest BCUT2D eigenvalue weighted by Gasteiger charge is 2.21. The minimum atomic E-state index is -0.371. The van der Waals surface area contributed by atoms with Crippen molar-refractivity contribution in [3.63, 3.8) is 0 Å². The van der Waals surface area contributed by atoms with Crippen molar-refractivity contribution in [1.82, 2.24) is 4.90 Å². The largest absolute Gasteiger partial charge is 0.396 e. The molecule has 1 aliphatic rings. The Bertz CT molecular complexity index is 408. The Morgan fingerprint density at radius 3 is 3.00 bits per heavy atom. The van der Waals surface area contributed by atoms with Crippen molar-refractivity contribution in [3.05, 3.63) is 39.9 Å². The minimum Gasteiger partial charge on any atom is -0.396 e. The maximum absolute atomic E-state index is 10.6. The summed E-state index contributed by atoms with van der Waals surface area (Å²) in [5.74, 6) is 0.355. The van der Waals surface area contributed by atoms with Gasteiger partial charge in [0.25, 0.3) is 5.69 Å². The molecule has 1 aromatic rings. The Balaban J connectivity index is 1.99. The highest BCUT2D eigenvalue weighted by Crippen LogP contribution is 2.20. The Kier molecular flexibility index (Phi) is 3.71. The molecule has 0 radical (unpaired) electrons. The second-order valence-corrected chi connectivity index (χ2v) is 4.50. The molecule has 1 fully saturated rings. The zero-order valence-corrected chi connectivity index (χ0v) is 9.58. The number of non-ortho nitro benzene ring substituents is 1. The maximum Gasteiger partial charge on any atom is 0.269 e. The van der Waals surface area contributed by atoms with Crippen LogP contribution in [0.25, 0.3) is 0 Å². The number of benzene rings is 1. The molecule has 17 heavy (non-hydrogen) atoms. The quantitative estimate of drug-likeness (QED) is 0.634. The molecule has 5 heteroatoms. The average Bonchev–Trinajstić information content (AvgIpc) is 2.77. The number of aliphatic hydroxyl groups is 1. The van der Waals surface area contributed by atoms with Gasteiger partial charge < -0.3 is 5.11 Å². The van der Waals surface area contributed by atoms with E-state index in [4.69, 9.17) is 5.11 Å². The predicted octanol–water partition coefficient (Wildman–Crippen LogP) is 1.41. The van der Waals surface area contributed by atoms with Gasteiger partial charge in [0, 0.05) is 31.8 Å². The predicted molar refractivity (Wildman–Crippen MR) is 63.6 cm³/mol. The van der Waals surface area contributed by atoms with Crippen molar-refractivity contribution >= 4 is 5.69 Å². The average molecular weight is 236 g/mol. The molecule has 0 aromatic heterocycles. The number of nitrogens with zero attached hydrogens (tertiary/aromatic N) is 2. The smallest absolute Gasteiger partial charge is 0.269 e. The van der Waals surface area contributed by atoms with Gasteiger partial charge in [-0.2, -0.15) is 0 Å². The SMILES string of the molecule is O=[N+]([O-])c1cccc(CN2CCC(CO)C2)c1. The van der Waals surface area contributed by atoms with Gasteiger partial charge in [0.2, 0.25) is 0 Å². The summed E-state index contributed by atoms with van der Waals surface area (Å²) in [6, 6.07) is 6.74. The van der Waals surface area contributed by atoms with Crippen molar-refractivity contribution in [2.45, 2.75) is 13.0 Å². The van der Waals surface area contributed by atoms with E-state index in [1.165, 1.54) is 6.07 Å². The lowest BCUT2D eigenvalue weighted by Gasteiger charge is -2.15. The first-order valence-corrected chi connectivity index (χ1v) is 5.75. The second-order valence-electron chi connectivity index (χ2n) is 4.50. The van der Waals surface area contributed by atoms with Crippen LogP contribution in [-0.2, 0) is 6.54 Å². The van der Waals surface area contributed by atoms with Crippen LogP contribution in [0.15, 0.2) is 24.3 Å². The van der Waals surface area contributed by atoms with E-state index in [1.54, 1.807) is 12.1 Å². The molecule has 1 aliphatic heterocycles. The second kappa shape index (κ2) is 5.25. The number of likely N-dealkylation sites (tertiary alicyclic amines) is 1. The highest BCUT2D eigenvalue weighted by molar-refractivity contribution is 5.34. The highest BCUT2D eigenvalue weighted by atomic mass is 16.6. The summed E-state index contributed by atoms with van der Waals surface area (Å²) in [4.78, 5) is 12.5. The lowest BCUT2D eigenvalue weighted by Crippen LogP contribution is -2.20. The van der Waals surface area contributed by atoms with Crippen LogP contribution in [0, 0.1) is 16.0 Å². The Hall–Kier alpha value is -1.46. The molecule has 0 saturated carbocycles. The number of rotatable bonds is 4. The van der Waals surface area contributed by atoms with Gasteiger partial charge in [0.15, 0.2) is 0 Å². The number of aliphatic hydroxyl groups excluding tert-OH is 1. The van der Waals surface area contributed by atoms with Gasteiger partial charge in [-0.15, -0.1) is 0 Å². The van der Waals surface area contributed by atoms with Gasteiger partial charge in [-0.1, -0.05) is 12.1 Å². The molecule has 1 heterocycles.